The molecule has 0 radical (unpaired) electrons. The molecule has 1 heteroatoms. The number of ketones is 1. The predicted molar refractivity (Wildman–Crippen MR) is 84.7 cm³/mol. The van der Waals surface area contributed by atoms with Crippen LogP contribution in [0, 0.1) is 0 Å². The number of hydrogen-bond donors (Lipinski definition) is 0. The van der Waals surface area contributed by atoms with Gasteiger partial charge in [-0.15, -0.1) is 0 Å². The van der Waals surface area contributed by atoms with E-state index in [1.807, 2.05) is 48.5 Å². The fourth-order valence-corrected chi connectivity index (χ4v) is 2.10. The van der Waals surface area contributed by atoms with Crippen LogP contribution in [0.25, 0.3) is 6.08 Å². The normalized spacial score (nSPS) is 10.8. The molecule has 0 fully saturated rings. The molecule has 0 saturated carbocycles. The van der Waals surface area contributed by atoms with E-state index in [2.05, 4.69) is 24.3 Å². The van der Waals surface area contributed by atoms with Crippen molar-refractivity contribution in [2.75, 3.05) is 0 Å². The third kappa shape index (κ3) is 4.85. The molecule has 0 aromatic heterocycles. The van der Waals surface area contributed by atoms with Gasteiger partial charge in [0.25, 0.3) is 0 Å². The first kappa shape index (κ1) is 14.3. The summed E-state index contributed by atoms with van der Waals surface area (Å²) in [5, 5.41) is 0. The monoisotopic (exact) mass is 264 g/mol. The second-order valence-electron chi connectivity index (χ2n) is 4.85. The molecule has 0 amide bonds. The van der Waals surface area contributed by atoms with Crippen LogP contribution in [0.4, 0.5) is 0 Å². The van der Waals surface area contributed by atoms with E-state index >= 15 is 0 Å². The molecule has 0 aliphatic carbocycles. The molecule has 102 valence electrons. The summed E-state index contributed by atoms with van der Waals surface area (Å²) < 4.78 is 0. The summed E-state index contributed by atoms with van der Waals surface area (Å²) in [6.07, 6.45) is 8.00. The summed E-state index contributed by atoms with van der Waals surface area (Å²) >= 11 is 0. The molecule has 0 saturated heterocycles. The zero-order valence-electron chi connectivity index (χ0n) is 11.7. The maximum absolute atomic E-state index is 11.9. The molecule has 0 aliphatic heterocycles. The predicted octanol–water partition coefficient (Wildman–Crippen LogP) is 5.14. The molecule has 0 N–H and O–H groups in total. The Bertz CT molecular complexity index is 540. The van der Waals surface area contributed by atoms with Crippen molar-refractivity contribution in [1.29, 1.82) is 0 Å². The van der Waals surface area contributed by atoms with Crippen molar-refractivity contribution in [1.82, 2.24) is 0 Å². The number of Topliss-reactive ketones (excluding diaryl/α,β-unsaturated/α-hetero) is 1. The van der Waals surface area contributed by atoms with E-state index in [-0.39, 0.29) is 5.78 Å². The number of rotatable bonds is 7. The van der Waals surface area contributed by atoms with Gasteiger partial charge in [0.15, 0.2) is 5.78 Å². The average molecular weight is 264 g/mol. The summed E-state index contributed by atoms with van der Waals surface area (Å²) in [5.41, 5.74) is 2.06. The molecule has 0 unspecified atom stereocenters. The number of unbranched alkanes of at least 4 members (excludes halogenated alkanes) is 2. The van der Waals surface area contributed by atoms with Crippen molar-refractivity contribution >= 4 is 11.9 Å². The zero-order chi connectivity index (χ0) is 14.0. The first-order valence-corrected chi connectivity index (χ1v) is 7.16. The van der Waals surface area contributed by atoms with Crippen LogP contribution in [0.15, 0.2) is 66.7 Å². The third-order valence-electron chi connectivity index (χ3n) is 3.23. The van der Waals surface area contributed by atoms with Crippen molar-refractivity contribution in [3.8, 4) is 0 Å². The molecule has 0 heterocycles. The first-order valence-electron chi connectivity index (χ1n) is 7.16. The molecular weight excluding hydrogens is 244 g/mol. The summed E-state index contributed by atoms with van der Waals surface area (Å²) in [6, 6.07) is 19.8. The van der Waals surface area contributed by atoms with Gasteiger partial charge in [0.1, 0.15) is 0 Å². The van der Waals surface area contributed by atoms with E-state index in [4.69, 9.17) is 0 Å². The zero-order valence-corrected chi connectivity index (χ0v) is 11.7. The van der Waals surface area contributed by atoms with E-state index in [0.29, 0.717) is 6.42 Å². The van der Waals surface area contributed by atoms with Gasteiger partial charge in [0.05, 0.1) is 0 Å². The fourth-order valence-electron chi connectivity index (χ4n) is 2.10. The van der Waals surface area contributed by atoms with Crippen LogP contribution >= 0.6 is 0 Å². The molecule has 2 aromatic rings. The summed E-state index contributed by atoms with van der Waals surface area (Å²) in [5.74, 6) is 0.248. The molecule has 0 aliphatic rings. The Balaban J connectivity index is 1.65. The number of benzene rings is 2. The van der Waals surface area contributed by atoms with E-state index in [1.165, 1.54) is 5.56 Å². The van der Waals surface area contributed by atoms with Gasteiger partial charge in [0, 0.05) is 12.0 Å². The maximum Gasteiger partial charge on any atom is 0.162 e. The summed E-state index contributed by atoms with van der Waals surface area (Å²) in [7, 11) is 0. The van der Waals surface area contributed by atoms with Gasteiger partial charge >= 0.3 is 0 Å². The quantitative estimate of drug-likeness (QED) is 0.499. The topological polar surface area (TPSA) is 17.1 Å². The highest BCUT2D eigenvalue weighted by Crippen LogP contribution is 2.09. The lowest BCUT2D eigenvalue weighted by Crippen LogP contribution is -1.97. The van der Waals surface area contributed by atoms with Gasteiger partial charge in [-0.05, 0) is 24.8 Å². The molecule has 0 atom stereocenters. The Morgan fingerprint density at radius 2 is 1.50 bits per heavy atom. The van der Waals surface area contributed by atoms with E-state index in [1.54, 1.807) is 0 Å². The van der Waals surface area contributed by atoms with E-state index in [0.717, 1.165) is 24.8 Å². The SMILES string of the molecule is O=C(CCCC/C=C/c1ccccc1)c1ccccc1. The number of allylic oxidation sites excluding steroid dienone is 1. The molecule has 2 aromatic carbocycles. The third-order valence-corrected chi connectivity index (χ3v) is 3.23. The van der Waals surface area contributed by atoms with Crippen molar-refractivity contribution in [3.05, 3.63) is 77.9 Å². The highest BCUT2D eigenvalue weighted by atomic mass is 16.1. The largest absolute Gasteiger partial charge is 0.294 e. The van der Waals surface area contributed by atoms with Crippen LogP contribution in [0.2, 0.25) is 0 Å². The van der Waals surface area contributed by atoms with Crippen LogP contribution in [0.5, 0.6) is 0 Å². The number of hydrogen-bond acceptors (Lipinski definition) is 1. The lowest BCUT2D eigenvalue weighted by Gasteiger charge is -2.00. The Hall–Kier alpha value is -2.15. The minimum Gasteiger partial charge on any atom is -0.294 e. The molecule has 20 heavy (non-hydrogen) atoms. The van der Waals surface area contributed by atoms with Crippen LogP contribution in [-0.2, 0) is 0 Å². The van der Waals surface area contributed by atoms with Crippen molar-refractivity contribution in [2.45, 2.75) is 25.7 Å². The molecule has 0 spiro atoms. The lowest BCUT2D eigenvalue weighted by molar-refractivity contribution is 0.0979. The Labute approximate surface area is 121 Å². The van der Waals surface area contributed by atoms with Gasteiger partial charge in [-0.2, -0.15) is 0 Å². The Kier molecular flexibility index (Phi) is 5.78. The second kappa shape index (κ2) is 8.11. The van der Waals surface area contributed by atoms with Gasteiger partial charge < -0.3 is 0 Å². The summed E-state index contributed by atoms with van der Waals surface area (Å²) in [6.45, 7) is 0. The van der Waals surface area contributed by atoms with Gasteiger partial charge in [-0.25, -0.2) is 0 Å². The number of carbonyl (C=O) groups excluding carboxylic acids is 1. The molecular formula is C19H20O. The maximum atomic E-state index is 11.9. The Morgan fingerprint density at radius 1 is 0.850 bits per heavy atom. The average Bonchev–Trinajstić information content (AvgIpc) is 2.52. The van der Waals surface area contributed by atoms with Crippen molar-refractivity contribution in [2.24, 2.45) is 0 Å². The standard InChI is InChI=1S/C19H20O/c20-19(18-14-8-4-9-15-18)16-10-2-1-5-11-17-12-6-3-7-13-17/h3-9,11-15H,1-2,10,16H2/b11-5+. The molecule has 2 rings (SSSR count). The Morgan fingerprint density at radius 3 is 2.20 bits per heavy atom. The van der Waals surface area contributed by atoms with E-state index in [9.17, 15) is 4.79 Å². The number of carbonyl (C=O) groups is 1. The minimum absolute atomic E-state index is 0.248. The highest BCUT2D eigenvalue weighted by Gasteiger charge is 2.03. The summed E-state index contributed by atoms with van der Waals surface area (Å²) in [4.78, 5) is 11.9. The second-order valence-corrected chi connectivity index (χ2v) is 4.85. The van der Waals surface area contributed by atoms with E-state index < -0.39 is 0 Å². The van der Waals surface area contributed by atoms with Crippen LogP contribution in [0.3, 0.4) is 0 Å². The highest BCUT2D eigenvalue weighted by molar-refractivity contribution is 5.95. The van der Waals surface area contributed by atoms with Gasteiger partial charge in [0.2, 0.25) is 0 Å². The smallest absolute Gasteiger partial charge is 0.162 e. The van der Waals surface area contributed by atoms with Gasteiger partial charge in [-0.1, -0.05) is 72.8 Å². The molecule has 0 bridgehead atoms. The van der Waals surface area contributed by atoms with Crippen LogP contribution < -0.4 is 0 Å². The first-order chi connectivity index (χ1) is 9.86. The van der Waals surface area contributed by atoms with Crippen LogP contribution in [-0.4, -0.2) is 5.78 Å². The fraction of sp³-hybridized carbons (Fsp3) is 0.211. The lowest BCUT2D eigenvalue weighted by atomic mass is 10.0. The van der Waals surface area contributed by atoms with Crippen LogP contribution in [0.1, 0.15) is 41.6 Å². The van der Waals surface area contributed by atoms with Gasteiger partial charge in [-0.3, -0.25) is 4.79 Å². The van der Waals surface area contributed by atoms with Crippen molar-refractivity contribution < 1.29 is 4.79 Å². The molecule has 1 nitrogen and oxygen atoms in total. The van der Waals surface area contributed by atoms with Crippen molar-refractivity contribution in [3.63, 3.8) is 0 Å². The minimum atomic E-state index is 0.248.